The van der Waals surface area contributed by atoms with E-state index in [1.807, 2.05) is 0 Å². The van der Waals surface area contributed by atoms with Crippen molar-refractivity contribution in [3.63, 3.8) is 0 Å². The van der Waals surface area contributed by atoms with E-state index in [9.17, 15) is 0 Å². The van der Waals surface area contributed by atoms with Crippen molar-refractivity contribution in [1.29, 1.82) is 0 Å². The van der Waals surface area contributed by atoms with Crippen LogP contribution in [0.2, 0.25) is 0 Å². The Labute approximate surface area is 126 Å². The number of aryl methyl sites for hydroxylation is 1. The molecule has 0 bridgehead atoms. The van der Waals surface area contributed by atoms with Crippen LogP contribution in [0.1, 0.15) is 33.2 Å². The van der Waals surface area contributed by atoms with E-state index in [1.54, 1.807) is 0 Å². The number of fused-ring (bicyclic) bond motifs is 1. The summed E-state index contributed by atoms with van der Waals surface area (Å²) in [6.07, 6.45) is 0. The Morgan fingerprint density at radius 2 is 1.74 bits per heavy atom. The third-order valence-corrected chi connectivity index (χ3v) is 4.91. The van der Waals surface area contributed by atoms with Gasteiger partial charge in [-0.3, -0.25) is 0 Å². The number of halogens is 2. The molecule has 2 aromatic carbocycles. The van der Waals surface area contributed by atoms with Gasteiger partial charge >= 0.3 is 0 Å². The van der Waals surface area contributed by atoms with Crippen molar-refractivity contribution in [1.82, 2.24) is 0 Å². The van der Waals surface area contributed by atoms with Crippen molar-refractivity contribution >= 4 is 27.5 Å². The molecule has 0 spiro atoms. The van der Waals surface area contributed by atoms with Crippen LogP contribution < -0.4 is 0 Å². The number of ether oxygens (including phenoxy) is 1. The van der Waals surface area contributed by atoms with E-state index < -0.39 is 0 Å². The molecule has 0 aliphatic carbocycles. The number of hydrogen-bond acceptors (Lipinski definition) is 1. The first kappa shape index (κ1) is 13.2. The second kappa shape index (κ2) is 5.28. The lowest BCUT2D eigenvalue weighted by Crippen LogP contribution is -1.96. The van der Waals surface area contributed by atoms with Crippen LogP contribution in [0.15, 0.2) is 40.9 Å². The Hall–Kier alpha value is -0.830. The van der Waals surface area contributed by atoms with Gasteiger partial charge in [-0.2, -0.15) is 0 Å². The summed E-state index contributed by atoms with van der Waals surface area (Å²) < 4.78 is 6.55. The van der Waals surface area contributed by atoms with Gasteiger partial charge in [0.15, 0.2) is 0 Å². The quantitative estimate of drug-likeness (QED) is 0.691. The highest BCUT2D eigenvalue weighted by atomic mass is 79.9. The molecule has 0 fully saturated rings. The van der Waals surface area contributed by atoms with Crippen LogP contribution in [0, 0.1) is 6.92 Å². The average molecular weight is 338 g/mol. The van der Waals surface area contributed by atoms with E-state index in [4.69, 9.17) is 16.3 Å². The summed E-state index contributed by atoms with van der Waals surface area (Å²) in [6, 6.07) is 12.6. The smallest absolute Gasteiger partial charge is 0.0835 e. The van der Waals surface area contributed by atoms with E-state index in [0.29, 0.717) is 6.61 Å². The summed E-state index contributed by atoms with van der Waals surface area (Å²) >= 11 is 10.1. The summed E-state index contributed by atoms with van der Waals surface area (Å²) in [5, 5.41) is -0.113. The van der Waals surface area contributed by atoms with E-state index >= 15 is 0 Å². The van der Waals surface area contributed by atoms with Gasteiger partial charge in [-0.1, -0.05) is 46.3 Å². The third-order valence-electron chi connectivity index (χ3n) is 3.51. The van der Waals surface area contributed by atoms with Gasteiger partial charge < -0.3 is 4.74 Å². The molecule has 1 aliphatic heterocycles. The maximum absolute atomic E-state index is 6.60. The normalized spacial score (nSPS) is 15.3. The van der Waals surface area contributed by atoms with Crippen molar-refractivity contribution in [2.45, 2.75) is 25.5 Å². The van der Waals surface area contributed by atoms with Gasteiger partial charge in [-0.25, -0.2) is 0 Å². The molecule has 3 rings (SSSR count). The van der Waals surface area contributed by atoms with Crippen LogP contribution in [-0.4, -0.2) is 0 Å². The molecular formula is C16H14BrClO. The molecule has 1 aliphatic rings. The lowest BCUT2D eigenvalue weighted by Gasteiger charge is -2.13. The van der Waals surface area contributed by atoms with Gasteiger partial charge in [0, 0.05) is 4.47 Å². The Morgan fingerprint density at radius 1 is 1.05 bits per heavy atom. The molecule has 0 aromatic heterocycles. The van der Waals surface area contributed by atoms with E-state index in [-0.39, 0.29) is 5.38 Å². The van der Waals surface area contributed by atoms with E-state index in [2.05, 4.69) is 59.3 Å². The van der Waals surface area contributed by atoms with Gasteiger partial charge in [-0.15, -0.1) is 11.6 Å². The van der Waals surface area contributed by atoms with E-state index in [1.165, 1.54) is 16.7 Å². The Morgan fingerprint density at radius 3 is 2.53 bits per heavy atom. The molecule has 3 heteroatoms. The van der Waals surface area contributed by atoms with Gasteiger partial charge in [-0.05, 0) is 40.8 Å². The first-order chi connectivity index (χ1) is 9.15. The molecule has 0 radical (unpaired) electrons. The first-order valence-electron chi connectivity index (χ1n) is 6.25. The lowest BCUT2D eigenvalue weighted by molar-refractivity contribution is 0.134. The Bertz CT molecular complexity index is 624. The standard InChI is InChI=1S/C16H14BrClO/c1-10-6-11(4-5-15(10)17)16(18)12-2-3-13-8-19-9-14(13)7-12/h2-7,16H,8-9H2,1H3. The predicted octanol–water partition coefficient (Wildman–Crippen LogP) is 5.12. The summed E-state index contributed by atoms with van der Waals surface area (Å²) in [4.78, 5) is 0. The SMILES string of the molecule is Cc1cc(C(Cl)c2ccc3c(c2)COC3)ccc1Br. The van der Waals surface area contributed by atoms with Crippen LogP contribution in [0.4, 0.5) is 0 Å². The van der Waals surface area contributed by atoms with Crippen molar-refractivity contribution in [2.75, 3.05) is 0 Å². The van der Waals surface area contributed by atoms with Crippen molar-refractivity contribution in [3.05, 3.63) is 68.7 Å². The van der Waals surface area contributed by atoms with Crippen LogP contribution in [-0.2, 0) is 18.0 Å². The van der Waals surface area contributed by atoms with Crippen LogP contribution in [0.3, 0.4) is 0 Å². The fraction of sp³-hybridized carbons (Fsp3) is 0.250. The first-order valence-corrected chi connectivity index (χ1v) is 7.47. The Balaban J connectivity index is 1.94. The zero-order valence-electron chi connectivity index (χ0n) is 10.6. The highest BCUT2D eigenvalue weighted by Crippen LogP contribution is 2.33. The largest absolute Gasteiger partial charge is 0.372 e. The molecular weight excluding hydrogens is 324 g/mol. The fourth-order valence-electron chi connectivity index (χ4n) is 2.37. The maximum Gasteiger partial charge on any atom is 0.0835 e. The molecule has 2 aromatic rings. The molecule has 1 nitrogen and oxygen atoms in total. The average Bonchev–Trinajstić information content (AvgIpc) is 2.88. The second-order valence-electron chi connectivity index (χ2n) is 4.89. The van der Waals surface area contributed by atoms with Crippen molar-refractivity contribution in [2.24, 2.45) is 0 Å². The molecule has 0 saturated heterocycles. The third kappa shape index (κ3) is 2.58. The van der Waals surface area contributed by atoms with Gasteiger partial charge in [0.05, 0.1) is 18.6 Å². The number of alkyl halides is 1. The zero-order chi connectivity index (χ0) is 13.4. The molecule has 0 amide bonds. The molecule has 1 atom stereocenters. The predicted molar refractivity (Wildman–Crippen MR) is 81.5 cm³/mol. The van der Waals surface area contributed by atoms with Crippen LogP contribution in [0.5, 0.6) is 0 Å². The van der Waals surface area contributed by atoms with E-state index in [0.717, 1.165) is 22.2 Å². The highest BCUT2D eigenvalue weighted by molar-refractivity contribution is 9.10. The molecule has 98 valence electrons. The fourth-order valence-corrected chi connectivity index (χ4v) is 2.89. The molecule has 1 heterocycles. The molecule has 1 unspecified atom stereocenters. The van der Waals surface area contributed by atoms with Gasteiger partial charge in [0.25, 0.3) is 0 Å². The van der Waals surface area contributed by atoms with Gasteiger partial charge in [0.1, 0.15) is 0 Å². The summed E-state index contributed by atoms with van der Waals surface area (Å²) in [6.45, 7) is 3.50. The summed E-state index contributed by atoms with van der Waals surface area (Å²) in [5.41, 5.74) is 6.00. The van der Waals surface area contributed by atoms with Crippen molar-refractivity contribution in [3.8, 4) is 0 Å². The summed E-state index contributed by atoms with van der Waals surface area (Å²) in [5.74, 6) is 0. The molecule has 0 N–H and O–H groups in total. The summed E-state index contributed by atoms with van der Waals surface area (Å²) in [7, 11) is 0. The minimum Gasteiger partial charge on any atom is -0.372 e. The maximum atomic E-state index is 6.60. The second-order valence-corrected chi connectivity index (χ2v) is 6.18. The number of benzene rings is 2. The molecule has 19 heavy (non-hydrogen) atoms. The lowest BCUT2D eigenvalue weighted by atomic mass is 9.99. The van der Waals surface area contributed by atoms with Crippen LogP contribution in [0.25, 0.3) is 0 Å². The number of hydrogen-bond donors (Lipinski definition) is 0. The van der Waals surface area contributed by atoms with Crippen molar-refractivity contribution < 1.29 is 4.74 Å². The van der Waals surface area contributed by atoms with Gasteiger partial charge in [0.2, 0.25) is 0 Å². The zero-order valence-corrected chi connectivity index (χ0v) is 13.0. The molecule has 0 saturated carbocycles. The number of rotatable bonds is 2. The minimum atomic E-state index is -0.113. The highest BCUT2D eigenvalue weighted by Gasteiger charge is 2.16. The topological polar surface area (TPSA) is 9.23 Å². The minimum absolute atomic E-state index is 0.113. The van der Waals surface area contributed by atoms with Crippen LogP contribution >= 0.6 is 27.5 Å². The Kier molecular flexibility index (Phi) is 3.66. The monoisotopic (exact) mass is 336 g/mol.